The van der Waals surface area contributed by atoms with Crippen molar-refractivity contribution in [3.63, 3.8) is 0 Å². The van der Waals surface area contributed by atoms with Crippen LogP contribution in [0.5, 0.6) is 0 Å². The van der Waals surface area contributed by atoms with Gasteiger partial charge in [0.05, 0.1) is 0 Å². The molecule has 0 saturated carbocycles. The standard InChI is InChI=1S/C17H18O/c1-4-14-10-7-9-13(3)16(14)17(18)15-11-6-5-8-12(15)2/h4-11,17-18H,1H2,2-3H3. The summed E-state index contributed by atoms with van der Waals surface area (Å²) in [5.41, 5.74) is 5.08. The molecule has 0 aliphatic carbocycles. The normalized spacial score (nSPS) is 12.2. The van der Waals surface area contributed by atoms with Crippen molar-refractivity contribution in [2.24, 2.45) is 0 Å². The molecule has 2 rings (SSSR count). The second kappa shape index (κ2) is 5.19. The van der Waals surface area contributed by atoms with Gasteiger partial charge >= 0.3 is 0 Å². The first kappa shape index (κ1) is 12.6. The van der Waals surface area contributed by atoms with Crippen molar-refractivity contribution in [2.45, 2.75) is 20.0 Å². The predicted octanol–water partition coefficient (Wildman–Crippen LogP) is 4.03. The number of aliphatic hydroxyl groups excluding tert-OH is 1. The van der Waals surface area contributed by atoms with E-state index in [9.17, 15) is 5.11 Å². The van der Waals surface area contributed by atoms with Gasteiger partial charge in [-0.05, 0) is 41.7 Å². The maximum Gasteiger partial charge on any atom is 0.105 e. The van der Waals surface area contributed by atoms with Crippen LogP contribution >= 0.6 is 0 Å². The van der Waals surface area contributed by atoms with Crippen molar-refractivity contribution >= 4 is 6.08 Å². The molecule has 0 bridgehead atoms. The third-order valence-corrected chi connectivity index (χ3v) is 3.33. The molecule has 92 valence electrons. The fourth-order valence-corrected chi connectivity index (χ4v) is 2.30. The Morgan fingerprint density at radius 1 is 1.00 bits per heavy atom. The molecule has 0 aliphatic rings. The van der Waals surface area contributed by atoms with Crippen LogP contribution in [0.4, 0.5) is 0 Å². The van der Waals surface area contributed by atoms with Crippen LogP contribution in [0.1, 0.15) is 33.9 Å². The van der Waals surface area contributed by atoms with E-state index in [1.165, 1.54) is 0 Å². The quantitative estimate of drug-likeness (QED) is 0.856. The van der Waals surface area contributed by atoms with Gasteiger partial charge in [0.15, 0.2) is 0 Å². The largest absolute Gasteiger partial charge is 0.384 e. The van der Waals surface area contributed by atoms with Crippen LogP contribution in [0.3, 0.4) is 0 Å². The number of benzene rings is 2. The fourth-order valence-electron chi connectivity index (χ4n) is 2.30. The molecule has 1 heteroatoms. The highest BCUT2D eigenvalue weighted by molar-refractivity contribution is 5.57. The third kappa shape index (κ3) is 2.22. The second-order valence-corrected chi connectivity index (χ2v) is 4.54. The van der Waals surface area contributed by atoms with Crippen molar-refractivity contribution in [3.8, 4) is 0 Å². The van der Waals surface area contributed by atoms with Gasteiger partial charge in [-0.2, -0.15) is 0 Å². The summed E-state index contributed by atoms with van der Waals surface area (Å²) in [6.07, 6.45) is 1.20. The fraction of sp³-hybridized carbons (Fsp3) is 0.176. The van der Waals surface area contributed by atoms with Gasteiger partial charge in [-0.3, -0.25) is 0 Å². The van der Waals surface area contributed by atoms with Crippen molar-refractivity contribution in [1.82, 2.24) is 0 Å². The Kier molecular flexibility index (Phi) is 3.63. The Morgan fingerprint density at radius 2 is 1.67 bits per heavy atom. The van der Waals surface area contributed by atoms with E-state index in [1.54, 1.807) is 6.08 Å². The molecule has 0 aliphatic heterocycles. The summed E-state index contributed by atoms with van der Waals surface area (Å²) in [4.78, 5) is 0. The Labute approximate surface area is 108 Å². The van der Waals surface area contributed by atoms with Gasteiger partial charge < -0.3 is 5.11 Å². The zero-order chi connectivity index (χ0) is 13.1. The molecule has 0 saturated heterocycles. The Hall–Kier alpha value is -1.86. The summed E-state index contributed by atoms with van der Waals surface area (Å²) in [5, 5.41) is 10.6. The lowest BCUT2D eigenvalue weighted by atomic mass is 9.91. The summed E-state index contributed by atoms with van der Waals surface area (Å²) < 4.78 is 0. The lowest BCUT2D eigenvalue weighted by molar-refractivity contribution is 0.218. The van der Waals surface area contributed by atoms with Crippen LogP contribution in [0.15, 0.2) is 49.0 Å². The minimum atomic E-state index is -0.597. The van der Waals surface area contributed by atoms with Crippen LogP contribution in [0, 0.1) is 13.8 Å². The predicted molar refractivity (Wildman–Crippen MR) is 76.5 cm³/mol. The molecule has 0 heterocycles. The van der Waals surface area contributed by atoms with Crippen molar-refractivity contribution in [3.05, 3.63) is 76.9 Å². The van der Waals surface area contributed by atoms with Crippen LogP contribution in [0.2, 0.25) is 0 Å². The summed E-state index contributed by atoms with van der Waals surface area (Å²) in [6, 6.07) is 13.9. The van der Waals surface area contributed by atoms with Gasteiger partial charge in [0.2, 0.25) is 0 Å². The molecule has 18 heavy (non-hydrogen) atoms. The Balaban J connectivity index is 2.56. The second-order valence-electron chi connectivity index (χ2n) is 4.54. The maximum atomic E-state index is 10.6. The first-order valence-corrected chi connectivity index (χ1v) is 6.10. The van der Waals surface area contributed by atoms with Crippen molar-refractivity contribution in [1.29, 1.82) is 0 Å². The van der Waals surface area contributed by atoms with Crippen molar-refractivity contribution < 1.29 is 5.11 Å². The summed E-state index contributed by atoms with van der Waals surface area (Å²) in [5.74, 6) is 0. The minimum Gasteiger partial charge on any atom is -0.384 e. The van der Waals surface area contributed by atoms with E-state index < -0.39 is 6.10 Å². The van der Waals surface area contributed by atoms with E-state index in [0.717, 1.165) is 27.8 Å². The van der Waals surface area contributed by atoms with Crippen LogP contribution < -0.4 is 0 Å². The summed E-state index contributed by atoms with van der Waals surface area (Å²) >= 11 is 0. The molecule has 0 fully saturated rings. The summed E-state index contributed by atoms with van der Waals surface area (Å²) in [6.45, 7) is 7.86. The van der Waals surface area contributed by atoms with E-state index in [-0.39, 0.29) is 0 Å². The molecule has 0 spiro atoms. The average molecular weight is 238 g/mol. The third-order valence-electron chi connectivity index (χ3n) is 3.33. The van der Waals surface area contributed by atoms with Crippen LogP contribution in [-0.2, 0) is 0 Å². The average Bonchev–Trinajstić information content (AvgIpc) is 2.38. The van der Waals surface area contributed by atoms with E-state index in [1.807, 2.05) is 56.3 Å². The molecular formula is C17H18O. The minimum absolute atomic E-state index is 0.597. The number of aliphatic hydroxyl groups is 1. The van der Waals surface area contributed by atoms with E-state index in [4.69, 9.17) is 0 Å². The highest BCUT2D eigenvalue weighted by Gasteiger charge is 2.16. The molecular weight excluding hydrogens is 220 g/mol. The monoisotopic (exact) mass is 238 g/mol. The van der Waals surface area contributed by atoms with Gasteiger partial charge in [0.25, 0.3) is 0 Å². The zero-order valence-electron chi connectivity index (χ0n) is 10.9. The molecule has 0 aromatic heterocycles. The number of hydrogen-bond donors (Lipinski definition) is 1. The van der Waals surface area contributed by atoms with Gasteiger partial charge in [0.1, 0.15) is 6.10 Å². The molecule has 1 atom stereocenters. The van der Waals surface area contributed by atoms with Crippen molar-refractivity contribution in [2.75, 3.05) is 0 Å². The number of rotatable bonds is 3. The maximum absolute atomic E-state index is 10.6. The molecule has 2 aromatic rings. The number of hydrogen-bond acceptors (Lipinski definition) is 1. The number of aryl methyl sites for hydroxylation is 2. The Morgan fingerprint density at radius 3 is 2.33 bits per heavy atom. The molecule has 1 unspecified atom stereocenters. The van der Waals surface area contributed by atoms with Crippen LogP contribution in [-0.4, -0.2) is 5.11 Å². The molecule has 1 N–H and O–H groups in total. The first-order chi connectivity index (χ1) is 8.65. The Bertz CT molecular complexity index is 570. The molecule has 2 aromatic carbocycles. The first-order valence-electron chi connectivity index (χ1n) is 6.10. The highest BCUT2D eigenvalue weighted by atomic mass is 16.3. The lowest BCUT2D eigenvalue weighted by Crippen LogP contribution is -2.06. The molecule has 0 amide bonds. The smallest absolute Gasteiger partial charge is 0.105 e. The van der Waals surface area contributed by atoms with E-state index in [0.29, 0.717) is 0 Å². The van der Waals surface area contributed by atoms with Gasteiger partial charge in [-0.25, -0.2) is 0 Å². The summed E-state index contributed by atoms with van der Waals surface area (Å²) in [7, 11) is 0. The molecule has 0 radical (unpaired) electrons. The van der Waals surface area contributed by atoms with Gasteiger partial charge in [-0.1, -0.05) is 55.1 Å². The van der Waals surface area contributed by atoms with Crippen LogP contribution in [0.25, 0.3) is 6.08 Å². The SMILES string of the molecule is C=Cc1cccc(C)c1C(O)c1ccccc1C. The van der Waals surface area contributed by atoms with E-state index >= 15 is 0 Å². The van der Waals surface area contributed by atoms with E-state index in [2.05, 4.69) is 6.58 Å². The topological polar surface area (TPSA) is 20.2 Å². The lowest BCUT2D eigenvalue weighted by Gasteiger charge is -2.18. The van der Waals surface area contributed by atoms with Gasteiger partial charge in [-0.15, -0.1) is 0 Å². The zero-order valence-corrected chi connectivity index (χ0v) is 10.9. The highest BCUT2D eigenvalue weighted by Crippen LogP contribution is 2.30. The van der Waals surface area contributed by atoms with Gasteiger partial charge in [0, 0.05) is 0 Å². The molecule has 1 nitrogen and oxygen atoms in total.